The Morgan fingerprint density at radius 3 is 3.00 bits per heavy atom. The second kappa shape index (κ2) is 8.22. The lowest BCUT2D eigenvalue weighted by Gasteiger charge is -2.28. The van der Waals surface area contributed by atoms with Crippen LogP contribution in [0.25, 0.3) is 10.2 Å². The summed E-state index contributed by atoms with van der Waals surface area (Å²) in [5.74, 6) is 1.12. The molecule has 0 amide bonds. The fraction of sp³-hybridized carbons (Fsp3) is 0.364. The molecule has 9 heteroatoms. The Balaban J connectivity index is 1.32. The van der Waals surface area contributed by atoms with Crippen LogP contribution in [0.2, 0.25) is 0 Å². The highest BCUT2D eigenvalue weighted by Gasteiger charge is 2.30. The molecule has 0 saturated heterocycles. The van der Waals surface area contributed by atoms with Gasteiger partial charge in [0, 0.05) is 42.6 Å². The summed E-state index contributed by atoms with van der Waals surface area (Å²) in [5, 5.41) is 7.08. The van der Waals surface area contributed by atoms with Crippen LogP contribution in [0.3, 0.4) is 0 Å². The lowest BCUT2D eigenvalue weighted by molar-refractivity contribution is 0.425. The van der Waals surface area contributed by atoms with Crippen molar-refractivity contribution in [1.29, 1.82) is 0 Å². The maximum Gasteiger partial charge on any atom is 0.214 e. The number of anilines is 3. The van der Waals surface area contributed by atoms with E-state index in [9.17, 15) is 8.42 Å². The van der Waals surface area contributed by atoms with Crippen molar-refractivity contribution in [2.24, 2.45) is 0 Å². The van der Waals surface area contributed by atoms with Crippen molar-refractivity contribution in [1.82, 2.24) is 14.3 Å². The van der Waals surface area contributed by atoms with E-state index in [1.807, 2.05) is 36.8 Å². The smallest absolute Gasteiger partial charge is 0.214 e. The molecule has 0 aliphatic carbocycles. The first kappa shape index (κ1) is 20.4. The maximum absolute atomic E-state index is 12.3. The summed E-state index contributed by atoms with van der Waals surface area (Å²) in [7, 11) is -3.14. The van der Waals surface area contributed by atoms with E-state index < -0.39 is 10.0 Å². The lowest BCUT2D eigenvalue weighted by atomic mass is 9.98. The standard InChI is InChI=1S/C22H25N5O2S2/c1-2-11-31(28,29)27-9-6-15(7-10-27)20-13-17-18(5-8-23-22(17)26-20)25-16-3-4-19-21(12-16)30-14-24-19/h3-6,8,12,14,20H,2,7,9-11,13H2,1H3,(H2,23,25,26). The number of aromatic nitrogens is 2. The minimum absolute atomic E-state index is 0.158. The van der Waals surface area contributed by atoms with Gasteiger partial charge in [0.05, 0.1) is 27.5 Å². The van der Waals surface area contributed by atoms with Crippen molar-refractivity contribution in [3.05, 3.63) is 53.2 Å². The molecule has 2 aliphatic rings. The Bertz CT molecular complexity index is 1250. The number of sulfonamides is 1. The third-order valence-electron chi connectivity index (χ3n) is 5.90. The zero-order chi connectivity index (χ0) is 21.4. The molecule has 0 fully saturated rings. The Labute approximate surface area is 186 Å². The summed E-state index contributed by atoms with van der Waals surface area (Å²) in [5.41, 5.74) is 7.38. The molecule has 5 rings (SSSR count). The van der Waals surface area contributed by atoms with Gasteiger partial charge in [-0.2, -0.15) is 4.31 Å². The molecule has 3 aromatic rings. The monoisotopic (exact) mass is 455 g/mol. The Morgan fingerprint density at radius 2 is 2.19 bits per heavy atom. The molecule has 0 saturated carbocycles. The SMILES string of the molecule is CCCS(=O)(=O)N1CC=C(C2Cc3c(Nc4ccc5ncsc5c4)ccnc3N2)CC1. The van der Waals surface area contributed by atoms with Gasteiger partial charge in [-0.25, -0.2) is 18.4 Å². The van der Waals surface area contributed by atoms with Crippen LogP contribution in [-0.4, -0.2) is 47.6 Å². The van der Waals surface area contributed by atoms with Gasteiger partial charge < -0.3 is 10.6 Å². The normalized spacial score (nSPS) is 19.1. The molecule has 7 nitrogen and oxygen atoms in total. The summed E-state index contributed by atoms with van der Waals surface area (Å²) < 4.78 is 27.4. The van der Waals surface area contributed by atoms with Crippen molar-refractivity contribution in [2.75, 3.05) is 29.5 Å². The second-order valence-electron chi connectivity index (χ2n) is 7.95. The van der Waals surface area contributed by atoms with Gasteiger partial charge in [0.2, 0.25) is 10.0 Å². The number of fused-ring (bicyclic) bond motifs is 2. The molecule has 162 valence electrons. The number of pyridine rings is 1. The first-order valence-corrected chi connectivity index (χ1v) is 13.0. The van der Waals surface area contributed by atoms with E-state index in [0.717, 1.165) is 40.3 Å². The van der Waals surface area contributed by atoms with E-state index in [2.05, 4.69) is 32.7 Å². The number of hydrogen-bond donors (Lipinski definition) is 2. The van der Waals surface area contributed by atoms with Crippen molar-refractivity contribution in [3.63, 3.8) is 0 Å². The number of rotatable bonds is 6. The molecule has 2 aliphatic heterocycles. The van der Waals surface area contributed by atoms with Gasteiger partial charge in [-0.1, -0.05) is 13.0 Å². The highest BCUT2D eigenvalue weighted by molar-refractivity contribution is 7.89. The first-order valence-electron chi connectivity index (χ1n) is 10.5. The molecule has 1 unspecified atom stereocenters. The van der Waals surface area contributed by atoms with Crippen LogP contribution < -0.4 is 10.6 Å². The molecule has 1 atom stereocenters. The first-order chi connectivity index (χ1) is 15.0. The number of thiazole rings is 1. The third kappa shape index (κ3) is 4.05. The zero-order valence-corrected chi connectivity index (χ0v) is 19.0. The van der Waals surface area contributed by atoms with Gasteiger partial charge in [-0.15, -0.1) is 11.3 Å². The minimum Gasteiger partial charge on any atom is -0.363 e. The summed E-state index contributed by atoms with van der Waals surface area (Å²) in [6.45, 7) is 2.91. The molecule has 31 heavy (non-hydrogen) atoms. The molecule has 4 heterocycles. The van der Waals surface area contributed by atoms with E-state index in [0.29, 0.717) is 19.5 Å². The summed E-state index contributed by atoms with van der Waals surface area (Å²) in [6.07, 6.45) is 6.12. The number of nitrogens with one attached hydrogen (secondary N) is 2. The van der Waals surface area contributed by atoms with Crippen LogP contribution in [-0.2, 0) is 16.4 Å². The van der Waals surface area contributed by atoms with Crippen molar-refractivity contribution in [2.45, 2.75) is 32.2 Å². The lowest BCUT2D eigenvalue weighted by Crippen LogP contribution is -2.38. The average molecular weight is 456 g/mol. The van der Waals surface area contributed by atoms with Crippen LogP contribution >= 0.6 is 11.3 Å². The predicted molar refractivity (Wildman–Crippen MR) is 127 cm³/mol. The highest BCUT2D eigenvalue weighted by Crippen LogP contribution is 2.36. The number of nitrogens with zero attached hydrogens (tertiary/aromatic N) is 3. The van der Waals surface area contributed by atoms with Crippen molar-refractivity contribution >= 4 is 48.8 Å². The highest BCUT2D eigenvalue weighted by atomic mass is 32.2. The molecular formula is C22H25N5O2S2. The number of benzene rings is 1. The van der Waals surface area contributed by atoms with Gasteiger partial charge in [0.25, 0.3) is 0 Å². The molecule has 0 spiro atoms. The van der Waals surface area contributed by atoms with Gasteiger partial charge in [0.1, 0.15) is 5.82 Å². The predicted octanol–water partition coefficient (Wildman–Crippen LogP) is 4.14. The molecule has 2 N–H and O–H groups in total. The topological polar surface area (TPSA) is 87.2 Å². The van der Waals surface area contributed by atoms with Crippen LogP contribution in [0, 0.1) is 0 Å². The van der Waals surface area contributed by atoms with E-state index >= 15 is 0 Å². The molecule has 2 aromatic heterocycles. The second-order valence-corrected chi connectivity index (χ2v) is 10.9. The van der Waals surface area contributed by atoms with Crippen LogP contribution in [0.15, 0.2) is 47.6 Å². The zero-order valence-electron chi connectivity index (χ0n) is 17.3. The summed E-state index contributed by atoms with van der Waals surface area (Å²) in [6, 6.07) is 8.36. The third-order valence-corrected chi connectivity index (χ3v) is 8.73. The van der Waals surface area contributed by atoms with Crippen LogP contribution in [0.1, 0.15) is 25.3 Å². The largest absolute Gasteiger partial charge is 0.363 e. The summed E-state index contributed by atoms with van der Waals surface area (Å²) >= 11 is 1.63. The summed E-state index contributed by atoms with van der Waals surface area (Å²) in [4.78, 5) is 8.87. The van der Waals surface area contributed by atoms with Crippen molar-refractivity contribution in [3.8, 4) is 0 Å². The maximum atomic E-state index is 12.3. The van der Waals surface area contributed by atoms with Gasteiger partial charge in [0.15, 0.2) is 0 Å². The Hall–Kier alpha value is -2.49. The average Bonchev–Trinajstić information content (AvgIpc) is 3.41. The van der Waals surface area contributed by atoms with Gasteiger partial charge in [-0.3, -0.25) is 0 Å². The molecular weight excluding hydrogens is 430 g/mol. The van der Waals surface area contributed by atoms with Crippen LogP contribution in [0.5, 0.6) is 0 Å². The van der Waals surface area contributed by atoms with E-state index in [1.54, 1.807) is 15.6 Å². The van der Waals surface area contributed by atoms with Gasteiger partial charge >= 0.3 is 0 Å². The van der Waals surface area contributed by atoms with E-state index in [1.165, 1.54) is 11.1 Å². The Morgan fingerprint density at radius 1 is 1.29 bits per heavy atom. The van der Waals surface area contributed by atoms with Gasteiger partial charge in [-0.05, 0) is 42.7 Å². The minimum atomic E-state index is -3.14. The van der Waals surface area contributed by atoms with Crippen LogP contribution in [0.4, 0.5) is 17.2 Å². The molecule has 1 aromatic carbocycles. The molecule has 0 bridgehead atoms. The van der Waals surface area contributed by atoms with Crippen molar-refractivity contribution < 1.29 is 8.42 Å². The number of hydrogen-bond acceptors (Lipinski definition) is 7. The van der Waals surface area contributed by atoms with E-state index in [4.69, 9.17) is 0 Å². The molecule has 0 radical (unpaired) electrons. The fourth-order valence-electron chi connectivity index (χ4n) is 4.30. The van der Waals surface area contributed by atoms with E-state index in [-0.39, 0.29) is 11.8 Å². The Kier molecular flexibility index (Phi) is 5.41. The fourth-order valence-corrected chi connectivity index (χ4v) is 6.46. The quantitative estimate of drug-likeness (QED) is 0.543.